The first-order chi connectivity index (χ1) is 24.9. The van der Waals surface area contributed by atoms with Crippen molar-refractivity contribution in [2.45, 2.75) is 143 Å². The summed E-state index contributed by atoms with van der Waals surface area (Å²) in [7, 11) is 0. The number of likely N-dealkylation sites (tertiary alicyclic amines) is 1. The van der Waals surface area contributed by atoms with Gasteiger partial charge in [0.15, 0.2) is 5.41 Å². The molecule has 9 atom stereocenters. The number of hydrogen-bond donors (Lipinski definition) is 1. The van der Waals surface area contributed by atoms with E-state index in [0.29, 0.717) is 42.7 Å². The first kappa shape index (κ1) is 38.5. The van der Waals surface area contributed by atoms with E-state index < -0.39 is 17.4 Å². The molecule has 0 aromatic heterocycles. The number of nitrogens with zero attached hydrogens (tertiary/aromatic N) is 1. The van der Waals surface area contributed by atoms with Gasteiger partial charge in [-0.05, 0) is 180 Å². The van der Waals surface area contributed by atoms with Crippen molar-refractivity contribution in [3.8, 4) is 0 Å². The van der Waals surface area contributed by atoms with Gasteiger partial charge in [0.2, 0.25) is 0 Å². The Morgan fingerprint density at radius 3 is 2.21 bits per heavy atom. The van der Waals surface area contributed by atoms with Gasteiger partial charge in [-0.3, -0.25) is 14.0 Å². The Balaban J connectivity index is 0.998. The molecule has 7 heteroatoms. The van der Waals surface area contributed by atoms with Crippen molar-refractivity contribution < 1.29 is 23.5 Å². The molecule has 1 saturated heterocycles. The molecule has 1 aliphatic heterocycles. The number of rotatable bonds is 10. The Morgan fingerprint density at radius 1 is 0.827 bits per heavy atom. The average Bonchev–Trinajstić information content (AvgIpc) is 3.56. The van der Waals surface area contributed by atoms with Crippen molar-refractivity contribution in [3.05, 3.63) is 23.3 Å². The van der Waals surface area contributed by atoms with Crippen LogP contribution in [0.1, 0.15) is 138 Å². The largest absolute Gasteiger partial charge is 0.465 e. The predicted octanol–water partition coefficient (Wildman–Crippen LogP) is 9.23. The van der Waals surface area contributed by atoms with E-state index in [0.717, 1.165) is 56.0 Å². The molecule has 1 heterocycles. The first-order valence-corrected chi connectivity index (χ1v) is 21.7. The fourth-order valence-electron chi connectivity index (χ4n) is 14.6. The third kappa shape index (κ3) is 6.26. The molecule has 52 heavy (non-hydrogen) atoms. The topological polar surface area (TPSA) is 67.9 Å². The van der Waals surface area contributed by atoms with E-state index in [9.17, 15) is 14.0 Å². The number of alkyl halides is 1. The molecule has 0 amide bonds. The number of nitrogens with one attached hydrogen (secondary N) is 1. The van der Waals surface area contributed by atoms with Crippen LogP contribution < -0.4 is 5.32 Å². The molecule has 1 N–H and O–H groups in total. The van der Waals surface area contributed by atoms with Crippen LogP contribution in [0.3, 0.4) is 0 Å². The number of halogens is 1. The summed E-state index contributed by atoms with van der Waals surface area (Å²) in [5.41, 5.74) is 3.18. The third-order valence-electron chi connectivity index (χ3n) is 17.1. The lowest BCUT2D eigenvalue weighted by Gasteiger charge is -2.68. The highest BCUT2D eigenvalue weighted by Crippen LogP contribution is 2.72. The van der Waals surface area contributed by atoms with Crippen LogP contribution in [-0.2, 0) is 19.1 Å². The Hall–Kier alpha value is -1.73. The van der Waals surface area contributed by atoms with Crippen molar-refractivity contribution in [1.82, 2.24) is 10.2 Å². The molecule has 9 unspecified atom stereocenters. The summed E-state index contributed by atoms with van der Waals surface area (Å²) < 4.78 is 24.2. The minimum atomic E-state index is -1.16. The smallest absolute Gasteiger partial charge is 0.323 e. The lowest BCUT2D eigenvalue weighted by Crippen LogP contribution is -2.64. The van der Waals surface area contributed by atoms with Gasteiger partial charge in [-0.25, -0.2) is 0 Å². The van der Waals surface area contributed by atoms with Crippen LogP contribution in [0.2, 0.25) is 0 Å². The second kappa shape index (κ2) is 14.7. The average molecular weight is 723 g/mol. The van der Waals surface area contributed by atoms with Crippen molar-refractivity contribution in [2.24, 2.45) is 57.2 Å². The summed E-state index contributed by atoms with van der Waals surface area (Å²) in [5.74, 6) is 3.32. The molecule has 4 saturated carbocycles. The quantitative estimate of drug-likeness (QED) is 0.179. The van der Waals surface area contributed by atoms with Gasteiger partial charge >= 0.3 is 11.9 Å². The van der Waals surface area contributed by atoms with Gasteiger partial charge in [0.25, 0.3) is 0 Å². The molecular weight excluding hydrogens is 652 g/mol. The van der Waals surface area contributed by atoms with Crippen LogP contribution in [0.25, 0.3) is 0 Å². The maximum atomic E-state index is 13.4. The van der Waals surface area contributed by atoms with E-state index >= 15 is 0 Å². The Bertz CT molecular complexity index is 1380. The second-order valence-electron chi connectivity index (χ2n) is 19.6. The zero-order valence-corrected chi connectivity index (χ0v) is 33.6. The highest BCUT2D eigenvalue weighted by molar-refractivity contribution is 6.00. The fourth-order valence-corrected chi connectivity index (χ4v) is 14.6. The van der Waals surface area contributed by atoms with Crippen LogP contribution >= 0.6 is 0 Å². The van der Waals surface area contributed by atoms with E-state index in [1.165, 1.54) is 69.8 Å². The Kier molecular flexibility index (Phi) is 10.9. The van der Waals surface area contributed by atoms with Crippen LogP contribution in [0.15, 0.2) is 23.3 Å². The van der Waals surface area contributed by atoms with E-state index in [4.69, 9.17) is 9.47 Å². The van der Waals surface area contributed by atoms with E-state index in [1.807, 2.05) is 0 Å². The number of allylic oxidation sites excluding steroid dienone is 4. The molecule has 0 aromatic rings. The second-order valence-corrected chi connectivity index (χ2v) is 19.6. The van der Waals surface area contributed by atoms with Gasteiger partial charge in [-0.15, -0.1) is 0 Å². The maximum absolute atomic E-state index is 13.4. The zero-order valence-electron chi connectivity index (χ0n) is 33.6. The van der Waals surface area contributed by atoms with Crippen LogP contribution in [0.4, 0.5) is 4.39 Å². The maximum Gasteiger partial charge on any atom is 0.323 e. The summed E-state index contributed by atoms with van der Waals surface area (Å²) >= 11 is 0. The molecule has 7 aliphatic rings. The molecule has 5 fully saturated rings. The number of hydrogen-bond acceptors (Lipinski definition) is 6. The number of piperidine rings is 1. The normalized spacial score (nSPS) is 41.0. The highest BCUT2D eigenvalue weighted by atomic mass is 19.1. The molecule has 0 aromatic carbocycles. The van der Waals surface area contributed by atoms with Gasteiger partial charge in [0, 0.05) is 18.6 Å². The minimum absolute atomic E-state index is 0.171. The zero-order chi connectivity index (χ0) is 36.9. The lowest BCUT2D eigenvalue weighted by molar-refractivity contribution is -0.176. The van der Waals surface area contributed by atoms with Gasteiger partial charge < -0.3 is 19.7 Å². The van der Waals surface area contributed by atoms with Crippen molar-refractivity contribution >= 4 is 11.9 Å². The van der Waals surface area contributed by atoms with Crippen molar-refractivity contribution in [1.29, 1.82) is 0 Å². The van der Waals surface area contributed by atoms with Crippen LogP contribution in [-0.4, -0.2) is 68.4 Å². The summed E-state index contributed by atoms with van der Waals surface area (Å²) in [4.78, 5) is 28.3. The molecule has 0 radical (unpaired) electrons. The summed E-state index contributed by atoms with van der Waals surface area (Å²) in [6.45, 7) is 17.8. The number of esters is 2. The lowest BCUT2D eigenvalue weighted by atomic mass is 9.37. The van der Waals surface area contributed by atoms with Crippen LogP contribution in [0, 0.1) is 57.2 Å². The molecule has 6 nitrogen and oxygen atoms in total. The molecule has 292 valence electrons. The molecule has 0 spiro atoms. The summed E-state index contributed by atoms with van der Waals surface area (Å²) in [6, 6.07) is 0. The Labute approximate surface area is 314 Å². The standard InChI is InChI=1S/C45H71FN2O4/c1-7-51-39(49)44(40(50)52-8-2)24-27-48(28-25-44)29-26-47-45-20-9-10-36(45)33-15-16-38-42(5,35(33)18-23-45)22-19-37-41(3,4)34(17-21-43(37,38)6)32-13-11-31(30-46)12-14-32/h13,17,31,33,35-38,47H,7-12,14-16,18-30H2,1-6H3. The van der Waals surface area contributed by atoms with Crippen LogP contribution in [0.5, 0.6) is 0 Å². The van der Waals surface area contributed by atoms with Gasteiger partial charge in [-0.1, -0.05) is 46.3 Å². The fraction of sp³-hybridized carbons (Fsp3) is 0.867. The van der Waals surface area contributed by atoms with Gasteiger partial charge in [0.05, 0.1) is 19.9 Å². The third-order valence-corrected chi connectivity index (χ3v) is 17.1. The molecule has 6 aliphatic carbocycles. The number of carbonyl (C=O) groups excluding carboxylic acids is 2. The van der Waals surface area contributed by atoms with Crippen molar-refractivity contribution in [3.63, 3.8) is 0 Å². The number of carbonyl (C=O) groups is 2. The van der Waals surface area contributed by atoms with Gasteiger partial charge in [-0.2, -0.15) is 0 Å². The molecule has 7 rings (SSSR count). The van der Waals surface area contributed by atoms with Gasteiger partial charge in [0.1, 0.15) is 0 Å². The van der Waals surface area contributed by atoms with Crippen molar-refractivity contribution in [2.75, 3.05) is 46.1 Å². The SMILES string of the molecule is CCOC(=O)C1(C(=O)OCC)CCN(CCNC23CCCC2C2CCC4C(C)(CCC5C(C)(C)C(C6=CCC(CF)CC6)=CCC54C)C2CC3)CC1. The van der Waals surface area contributed by atoms with E-state index in [-0.39, 0.29) is 36.8 Å². The number of ether oxygens (including phenoxy) is 2. The highest BCUT2D eigenvalue weighted by Gasteiger charge is 2.65. The molecular formula is C45H71FN2O4. The van der Waals surface area contributed by atoms with E-state index in [1.54, 1.807) is 19.4 Å². The predicted molar refractivity (Wildman–Crippen MR) is 205 cm³/mol. The summed E-state index contributed by atoms with van der Waals surface area (Å²) in [6.07, 6.45) is 22.4. The molecule has 0 bridgehead atoms. The summed E-state index contributed by atoms with van der Waals surface area (Å²) in [5, 5.41) is 4.22. The Morgan fingerprint density at radius 2 is 1.56 bits per heavy atom. The monoisotopic (exact) mass is 723 g/mol. The van der Waals surface area contributed by atoms with E-state index in [2.05, 4.69) is 50.1 Å². The number of fused-ring (bicyclic) bond motifs is 7. The first-order valence-electron chi connectivity index (χ1n) is 21.7. The minimum Gasteiger partial charge on any atom is -0.465 e.